The molecule has 2 N–H and O–H groups in total. The van der Waals surface area contributed by atoms with Gasteiger partial charge in [0, 0.05) is 35.9 Å². The first-order valence-corrected chi connectivity index (χ1v) is 11.9. The van der Waals surface area contributed by atoms with Crippen molar-refractivity contribution in [2.45, 2.75) is 77.3 Å². The number of hydrogen-bond acceptors (Lipinski definition) is 5. The Morgan fingerprint density at radius 2 is 1.94 bits per heavy atom. The van der Waals surface area contributed by atoms with Gasteiger partial charge in [0.05, 0.1) is 11.8 Å². The maximum absolute atomic E-state index is 12.6. The van der Waals surface area contributed by atoms with Crippen molar-refractivity contribution < 1.29 is 4.79 Å². The summed E-state index contributed by atoms with van der Waals surface area (Å²) in [4.78, 5) is 27.3. The van der Waals surface area contributed by atoms with Crippen molar-refractivity contribution in [3.05, 3.63) is 52.4 Å². The molecule has 2 aliphatic heterocycles. The summed E-state index contributed by atoms with van der Waals surface area (Å²) in [5.41, 5.74) is 9.39. The molecule has 0 radical (unpaired) electrons. The van der Waals surface area contributed by atoms with Crippen molar-refractivity contribution in [3.63, 3.8) is 0 Å². The van der Waals surface area contributed by atoms with Gasteiger partial charge in [-0.1, -0.05) is 0 Å². The molecule has 7 nitrogen and oxygen atoms in total. The lowest BCUT2D eigenvalue weighted by molar-refractivity contribution is -0.116. The molecule has 2 aromatic rings. The van der Waals surface area contributed by atoms with E-state index >= 15 is 0 Å². The van der Waals surface area contributed by atoms with E-state index in [1.165, 1.54) is 42.5 Å². The molecule has 0 spiro atoms. The first-order chi connectivity index (χ1) is 15.5. The Hall–Kier alpha value is -2.80. The first kappa shape index (κ1) is 21.1. The maximum Gasteiger partial charge on any atom is 0.273 e. The fourth-order valence-electron chi connectivity index (χ4n) is 5.34. The predicted octanol–water partition coefficient (Wildman–Crippen LogP) is 3.71. The Morgan fingerprint density at radius 1 is 1.16 bits per heavy atom. The van der Waals surface area contributed by atoms with E-state index in [1.807, 2.05) is 6.08 Å². The monoisotopic (exact) mass is 432 g/mol. The van der Waals surface area contributed by atoms with E-state index in [1.54, 1.807) is 18.6 Å². The Labute approximate surface area is 189 Å². The number of aromatic nitrogens is 3. The number of rotatable bonds is 7. The van der Waals surface area contributed by atoms with Crippen LogP contribution in [0.15, 0.2) is 29.3 Å². The molecule has 0 aromatic carbocycles. The third-order valence-electron chi connectivity index (χ3n) is 7.22. The van der Waals surface area contributed by atoms with Crippen molar-refractivity contribution in [1.82, 2.24) is 25.3 Å². The topological polar surface area (TPSA) is 86.3 Å². The minimum absolute atomic E-state index is 0.196. The molecule has 1 aliphatic carbocycles. The molecule has 1 saturated heterocycles. The van der Waals surface area contributed by atoms with Gasteiger partial charge in [-0.3, -0.25) is 19.7 Å². The molecule has 2 atom stereocenters. The molecule has 2 unspecified atom stereocenters. The molecule has 1 amide bonds. The molecule has 5 rings (SSSR count). The number of likely N-dealkylation sites (tertiary alicyclic amines) is 1. The van der Waals surface area contributed by atoms with Crippen LogP contribution in [0, 0.1) is 6.92 Å². The molecule has 0 bridgehead atoms. The Bertz CT molecular complexity index is 1060. The summed E-state index contributed by atoms with van der Waals surface area (Å²) in [6.07, 6.45) is 14.1. The van der Waals surface area contributed by atoms with Crippen LogP contribution in [0.3, 0.4) is 0 Å². The van der Waals surface area contributed by atoms with Crippen LogP contribution in [0.2, 0.25) is 0 Å². The third kappa shape index (κ3) is 4.01. The molecule has 4 heterocycles. The van der Waals surface area contributed by atoms with Gasteiger partial charge < -0.3 is 4.98 Å². The van der Waals surface area contributed by atoms with E-state index in [2.05, 4.69) is 51.2 Å². The molecule has 2 aromatic heterocycles. The highest BCUT2D eigenvalue weighted by atomic mass is 16.2. The largest absolute Gasteiger partial charge is 0.359 e. The smallest absolute Gasteiger partial charge is 0.273 e. The average molecular weight is 433 g/mol. The van der Waals surface area contributed by atoms with Crippen LogP contribution in [0.25, 0.3) is 6.08 Å². The van der Waals surface area contributed by atoms with E-state index in [0.717, 1.165) is 25.1 Å². The molecule has 7 heteroatoms. The molecular weight excluding hydrogens is 400 g/mol. The Kier molecular flexibility index (Phi) is 5.67. The minimum atomic E-state index is -0.196. The number of hydrogen-bond donors (Lipinski definition) is 2. The standard InChI is InChI=1S/C25H32N6O/c1-15-6-7-16(2)31(15)12-4-5-19-17(3)28-21(23(19)18-8-9-18)13-20-24(29-30-25(20)32)22-14-26-10-11-27-22/h10-11,13-16,18,28H,4-9,12H2,1-3H3,(H,30,32)/b20-13+. The average Bonchev–Trinajstić information content (AvgIpc) is 3.40. The summed E-state index contributed by atoms with van der Waals surface area (Å²) in [5.74, 6) is 0.394. The van der Waals surface area contributed by atoms with Gasteiger partial charge >= 0.3 is 0 Å². The number of aryl methyl sites for hydroxylation is 1. The molecule has 3 aliphatic rings. The normalized spacial score (nSPS) is 24.9. The summed E-state index contributed by atoms with van der Waals surface area (Å²) < 4.78 is 0. The van der Waals surface area contributed by atoms with Crippen LogP contribution in [0.4, 0.5) is 0 Å². The highest BCUT2D eigenvalue weighted by molar-refractivity contribution is 6.32. The second-order valence-corrected chi connectivity index (χ2v) is 9.50. The van der Waals surface area contributed by atoms with Crippen LogP contribution < -0.4 is 5.43 Å². The molecule has 168 valence electrons. The fourth-order valence-corrected chi connectivity index (χ4v) is 5.34. The van der Waals surface area contributed by atoms with Gasteiger partial charge in [-0.25, -0.2) is 5.43 Å². The number of carbonyl (C=O) groups excluding carboxylic acids is 1. The molecular formula is C25H32N6O. The zero-order valence-corrected chi connectivity index (χ0v) is 19.2. The maximum atomic E-state index is 12.6. The SMILES string of the molecule is Cc1[nH]c(/C=C2/C(=O)NN=C2c2cnccn2)c(C2CC2)c1CCCN1C(C)CCC1C. The highest BCUT2D eigenvalue weighted by Gasteiger charge is 2.33. The third-order valence-corrected chi connectivity index (χ3v) is 7.22. The molecule has 1 saturated carbocycles. The number of H-pyrrole nitrogens is 1. The Balaban J connectivity index is 1.40. The summed E-state index contributed by atoms with van der Waals surface area (Å²) in [6.45, 7) is 8.03. The highest BCUT2D eigenvalue weighted by Crippen LogP contribution is 2.45. The number of nitrogens with one attached hydrogen (secondary N) is 2. The summed E-state index contributed by atoms with van der Waals surface area (Å²) in [7, 11) is 0. The van der Waals surface area contributed by atoms with E-state index in [9.17, 15) is 4.79 Å². The van der Waals surface area contributed by atoms with E-state index < -0.39 is 0 Å². The van der Waals surface area contributed by atoms with E-state index in [4.69, 9.17) is 0 Å². The summed E-state index contributed by atoms with van der Waals surface area (Å²) in [5, 5.41) is 4.22. The minimum Gasteiger partial charge on any atom is -0.359 e. The van der Waals surface area contributed by atoms with Gasteiger partial charge in [-0.15, -0.1) is 0 Å². The zero-order valence-electron chi connectivity index (χ0n) is 19.2. The van der Waals surface area contributed by atoms with Crippen LogP contribution in [-0.4, -0.2) is 50.1 Å². The molecule has 32 heavy (non-hydrogen) atoms. The summed E-state index contributed by atoms with van der Waals surface area (Å²) in [6, 6.07) is 1.39. The van der Waals surface area contributed by atoms with Crippen LogP contribution in [-0.2, 0) is 11.2 Å². The van der Waals surface area contributed by atoms with E-state index in [-0.39, 0.29) is 5.91 Å². The van der Waals surface area contributed by atoms with Gasteiger partial charge in [-0.05, 0) is 89.0 Å². The van der Waals surface area contributed by atoms with Crippen molar-refractivity contribution in [2.24, 2.45) is 5.10 Å². The van der Waals surface area contributed by atoms with Gasteiger partial charge in [0.15, 0.2) is 0 Å². The van der Waals surface area contributed by atoms with Crippen molar-refractivity contribution >= 4 is 17.7 Å². The van der Waals surface area contributed by atoms with Crippen molar-refractivity contribution in [2.75, 3.05) is 6.54 Å². The lowest BCUT2D eigenvalue weighted by Crippen LogP contribution is -2.33. The zero-order chi connectivity index (χ0) is 22.2. The first-order valence-electron chi connectivity index (χ1n) is 11.9. The Morgan fingerprint density at radius 3 is 2.62 bits per heavy atom. The van der Waals surface area contributed by atoms with Crippen LogP contribution >= 0.6 is 0 Å². The van der Waals surface area contributed by atoms with Gasteiger partial charge in [0.1, 0.15) is 11.4 Å². The second-order valence-electron chi connectivity index (χ2n) is 9.50. The van der Waals surface area contributed by atoms with E-state index in [0.29, 0.717) is 35.0 Å². The number of amides is 1. The molecule has 2 fully saturated rings. The van der Waals surface area contributed by atoms with Gasteiger partial charge in [-0.2, -0.15) is 5.10 Å². The predicted molar refractivity (Wildman–Crippen MR) is 125 cm³/mol. The number of hydrazone groups is 1. The summed E-state index contributed by atoms with van der Waals surface area (Å²) >= 11 is 0. The van der Waals surface area contributed by atoms with Gasteiger partial charge in [0.2, 0.25) is 0 Å². The van der Waals surface area contributed by atoms with Crippen molar-refractivity contribution in [3.8, 4) is 0 Å². The lowest BCUT2D eigenvalue weighted by atomic mass is 9.98. The van der Waals surface area contributed by atoms with Crippen molar-refractivity contribution in [1.29, 1.82) is 0 Å². The quantitative estimate of drug-likeness (QED) is 0.653. The van der Waals surface area contributed by atoms with Crippen LogP contribution in [0.5, 0.6) is 0 Å². The fraction of sp³-hybridized carbons (Fsp3) is 0.520. The number of carbonyl (C=O) groups is 1. The number of nitrogens with zero attached hydrogens (tertiary/aromatic N) is 4. The lowest BCUT2D eigenvalue weighted by Gasteiger charge is -2.25. The number of aromatic amines is 1. The second kappa shape index (κ2) is 8.62. The van der Waals surface area contributed by atoms with Crippen LogP contribution in [0.1, 0.15) is 80.1 Å². The van der Waals surface area contributed by atoms with Gasteiger partial charge in [0.25, 0.3) is 5.91 Å².